The van der Waals surface area contributed by atoms with Crippen LogP contribution in [0.4, 0.5) is 5.82 Å². The summed E-state index contributed by atoms with van der Waals surface area (Å²) in [4.78, 5) is 13.4. The third kappa shape index (κ3) is 3.96. The van der Waals surface area contributed by atoms with Crippen LogP contribution in [0.5, 0.6) is 0 Å². The summed E-state index contributed by atoms with van der Waals surface area (Å²) in [7, 11) is 0. The summed E-state index contributed by atoms with van der Waals surface area (Å²) in [6, 6.07) is 1.65. The molecular formula is C14H15Cl2IN4. The first-order valence-electron chi connectivity index (χ1n) is 6.68. The standard InChI is InChI=1S/C14H15Cl2IN4/c1-3-5-10-11(17)13(18-4-2)21-14(20-10)12-9(16)6-8(15)7-19-12/h6-7H,3-5H2,1-2H3,(H,18,20,21). The van der Waals surface area contributed by atoms with E-state index in [1.165, 1.54) is 0 Å². The molecule has 0 aliphatic carbocycles. The molecule has 0 aliphatic rings. The quantitative estimate of drug-likeness (QED) is 0.681. The van der Waals surface area contributed by atoms with E-state index in [9.17, 15) is 0 Å². The minimum absolute atomic E-state index is 0.452. The molecular weight excluding hydrogens is 422 g/mol. The van der Waals surface area contributed by atoms with Crippen molar-refractivity contribution in [1.29, 1.82) is 0 Å². The zero-order valence-electron chi connectivity index (χ0n) is 11.8. The van der Waals surface area contributed by atoms with Gasteiger partial charge < -0.3 is 5.32 Å². The number of hydrogen-bond acceptors (Lipinski definition) is 4. The number of halogens is 3. The second-order valence-electron chi connectivity index (χ2n) is 4.42. The minimum atomic E-state index is 0.452. The van der Waals surface area contributed by atoms with E-state index in [1.807, 2.05) is 6.92 Å². The first-order valence-corrected chi connectivity index (χ1v) is 8.52. The zero-order valence-corrected chi connectivity index (χ0v) is 15.4. The van der Waals surface area contributed by atoms with Crippen molar-refractivity contribution >= 4 is 51.6 Å². The second kappa shape index (κ2) is 7.56. The predicted molar refractivity (Wildman–Crippen MR) is 96.2 cm³/mol. The van der Waals surface area contributed by atoms with Crippen molar-refractivity contribution in [2.45, 2.75) is 26.7 Å². The fourth-order valence-electron chi connectivity index (χ4n) is 1.87. The highest BCUT2D eigenvalue weighted by Gasteiger charge is 2.15. The number of aromatic nitrogens is 3. The van der Waals surface area contributed by atoms with Crippen LogP contribution >= 0.6 is 45.8 Å². The molecule has 21 heavy (non-hydrogen) atoms. The first kappa shape index (κ1) is 16.7. The minimum Gasteiger partial charge on any atom is -0.369 e. The topological polar surface area (TPSA) is 50.7 Å². The fraction of sp³-hybridized carbons (Fsp3) is 0.357. The van der Waals surface area contributed by atoms with Gasteiger partial charge in [-0.1, -0.05) is 36.5 Å². The summed E-state index contributed by atoms with van der Waals surface area (Å²) in [5, 5.41) is 4.21. The highest BCUT2D eigenvalue weighted by Crippen LogP contribution is 2.29. The predicted octanol–water partition coefficient (Wildman–Crippen LogP) is 4.83. The Morgan fingerprint density at radius 1 is 1.24 bits per heavy atom. The van der Waals surface area contributed by atoms with Gasteiger partial charge >= 0.3 is 0 Å². The lowest BCUT2D eigenvalue weighted by Crippen LogP contribution is -2.08. The highest BCUT2D eigenvalue weighted by molar-refractivity contribution is 14.1. The van der Waals surface area contributed by atoms with E-state index >= 15 is 0 Å². The molecule has 112 valence electrons. The summed E-state index contributed by atoms with van der Waals surface area (Å²) in [6.07, 6.45) is 3.45. The van der Waals surface area contributed by atoms with E-state index < -0.39 is 0 Å². The van der Waals surface area contributed by atoms with E-state index in [2.05, 4.69) is 49.8 Å². The average Bonchev–Trinajstić information content (AvgIpc) is 2.43. The van der Waals surface area contributed by atoms with Crippen LogP contribution in [0, 0.1) is 3.57 Å². The van der Waals surface area contributed by atoms with Crippen molar-refractivity contribution in [2.75, 3.05) is 11.9 Å². The van der Waals surface area contributed by atoms with Gasteiger partial charge in [0.05, 0.1) is 19.3 Å². The van der Waals surface area contributed by atoms with E-state index in [0.717, 1.165) is 34.5 Å². The third-order valence-corrected chi connectivity index (χ3v) is 4.40. The van der Waals surface area contributed by atoms with Gasteiger partial charge in [0.2, 0.25) is 0 Å². The van der Waals surface area contributed by atoms with Crippen molar-refractivity contribution in [1.82, 2.24) is 15.0 Å². The van der Waals surface area contributed by atoms with Crippen LogP contribution in [0.2, 0.25) is 10.0 Å². The summed E-state index contributed by atoms with van der Waals surface area (Å²) in [6.45, 7) is 4.95. The van der Waals surface area contributed by atoms with Crippen LogP contribution in [0.1, 0.15) is 26.0 Å². The molecule has 2 heterocycles. The van der Waals surface area contributed by atoms with Gasteiger partial charge in [-0.25, -0.2) is 15.0 Å². The molecule has 0 saturated carbocycles. The molecule has 0 fully saturated rings. The SMILES string of the molecule is CCCc1nc(-c2ncc(Cl)cc2Cl)nc(NCC)c1I. The molecule has 1 N–H and O–H groups in total. The van der Waals surface area contributed by atoms with Gasteiger partial charge in [-0.15, -0.1) is 0 Å². The Labute approximate surface area is 147 Å². The summed E-state index contributed by atoms with van der Waals surface area (Å²) >= 11 is 14.4. The number of anilines is 1. The highest BCUT2D eigenvalue weighted by atomic mass is 127. The van der Waals surface area contributed by atoms with Crippen molar-refractivity contribution in [2.24, 2.45) is 0 Å². The van der Waals surface area contributed by atoms with Crippen LogP contribution in [0.3, 0.4) is 0 Å². The van der Waals surface area contributed by atoms with Gasteiger partial charge in [-0.05, 0) is 42.0 Å². The molecule has 0 unspecified atom stereocenters. The van der Waals surface area contributed by atoms with Crippen molar-refractivity contribution in [3.05, 3.63) is 31.6 Å². The van der Waals surface area contributed by atoms with Gasteiger partial charge in [0.15, 0.2) is 5.82 Å². The molecule has 0 bridgehead atoms. The maximum absolute atomic E-state index is 6.21. The van der Waals surface area contributed by atoms with Crippen LogP contribution in [0.15, 0.2) is 12.3 Å². The second-order valence-corrected chi connectivity index (χ2v) is 6.34. The average molecular weight is 437 g/mol. The first-order chi connectivity index (χ1) is 10.1. The number of nitrogens with zero attached hydrogens (tertiary/aromatic N) is 3. The molecule has 7 heteroatoms. The molecule has 0 saturated heterocycles. The molecule has 2 rings (SSSR count). The molecule has 2 aromatic heterocycles. The lowest BCUT2D eigenvalue weighted by molar-refractivity contribution is 0.865. The monoisotopic (exact) mass is 436 g/mol. The number of rotatable bonds is 5. The molecule has 0 atom stereocenters. The number of hydrogen-bond donors (Lipinski definition) is 1. The van der Waals surface area contributed by atoms with E-state index in [1.54, 1.807) is 12.3 Å². The number of aryl methyl sites for hydroxylation is 1. The smallest absolute Gasteiger partial charge is 0.182 e. The molecule has 0 radical (unpaired) electrons. The van der Waals surface area contributed by atoms with Crippen LogP contribution < -0.4 is 5.32 Å². The molecule has 2 aromatic rings. The molecule has 0 aliphatic heterocycles. The molecule has 0 amide bonds. The maximum atomic E-state index is 6.21. The number of nitrogens with one attached hydrogen (secondary N) is 1. The Hall–Kier alpha value is -0.660. The van der Waals surface area contributed by atoms with Crippen LogP contribution in [-0.2, 0) is 6.42 Å². The molecule has 0 aromatic carbocycles. The van der Waals surface area contributed by atoms with E-state index in [4.69, 9.17) is 23.2 Å². The summed E-state index contributed by atoms with van der Waals surface area (Å²) in [5.41, 5.74) is 1.56. The Balaban J connectivity index is 2.56. The number of pyridine rings is 1. The fourth-order valence-corrected chi connectivity index (χ4v) is 3.03. The lowest BCUT2D eigenvalue weighted by atomic mass is 10.2. The third-order valence-electron chi connectivity index (χ3n) is 2.77. The zero-order chi connectivity index (χ0) is 15.4. The van der Waals surface area contributed by atoms with Crippen LogP contribution in [-0.4, -0.2) is 21.5 Å². The Kier molecular flexibility index (Phi) is 6.01. The van der Waals surface area contributed by atoms with Crippen LogP contribution in [0.25, 0.3) is 11.5 Å². The van der Waals surface area contributed by atoms with Gasteiger partial charge in [0, 0.05) is 12.7 Å². The largest absolute Gasteiger partial charge is 0.369 e. The van der Waals surface area contributed by atoms with Crippen molar-refractivity contribution in [3.63, 3.8) is 0 Å². The van der Waals surface area contributed by atoms with E-state index in [0.29, 0.717) is 21.6 Å². The normalized spacial score (nSPS) is 10.7. The van der Waals surface area contributed by atoms with Crippen molar-refractivity contribution in [3.8, 4) is 11.5 Å². The van der Waals surface area contributed by atoms with Crippen molar-refractivity contribution < 1.29 is 0 Å². The maximum Gasteiger partial charge on any atom is 0.182 e. The Bertz CT molecular complexity index is 622. The van der Waals surface area contributed by atoms with E-state index in [-0.39, 0.29) is 0 Å². The van der Waals surface area contributed by atoms with Gasteiger partial charge in [-0.3, -0.25) is 0 Å². The lowest BCUT2D eigenvalue weighted by Gasteiger charge is -2.12. The molecule has 0 spiro atoms. The van der Waals surface area contributed by atoms with Gasteiger partial charge in [0.1, 0.15) is 11.5 Å². The Morgan fingerprint density at radius 3 is 2.62 bits per heavy atom. The summed E-state index contributed by atoms with van der Waals surface area (Å²) < 4.78 is 1.05. The Morgan fingerprint density at radius 2 is 2.00 bits per heavy atom. The molecule has 4 nitrogen and oxygen atoms in total. The van der Waals surface area contributed by atoms with Gasteiger partial charge in [0.25, 0.3) is 0 Å². The summed E-state index contributed by atoms with van der Waals surface area (Å²) in [5.74, 6) is 1.34. The van der Waals surface area contributed by atoms with Gasteiger partial charge in [-0.2, -0.15) is 0 Å².